The average Bonchev–Trinajstić information content (AvgIpc) is 2.85. The second kappa shape index (κ2) is 10.0. The Labute approximate surface area is 208 Å². The van der Waals surface area contributed by atoms with Crippen LogP contribution < -0.4 is 0 Å². The highest BCUT2D eigenvalue weighted by atomic mass is 32.2. The zero-order chi connectivity index (χ0) is 26.0. The third-order valence-corrected chi connectivity index (χ3v) is 7.43. The smallest absolute Gasteiger partial charge is 0.258 e. The van der Waals surface area contributed by atoms with Gasteiger partial charge < -0.3 is 0 Å². The zero-order valence-corrected chi connectivity index (χ0v) is 19.4. The molecule has 4 aromatic rings. The van der Waals surface area contributed by atoms with Crippen molar-refractivity contribution in [2.75, 3.05) is 11.5 Å². The van der Waals surface area contributed by atoms with E-state index in [1.54, 1.807) is 0 Å². The fourth-order valence-corrected chi connectivity index (χ4v) is 5.76. The van der Waals surface area contributed by atoms with Crippen LogP contribution in [0.5, 0.6) is 0 Å². The molecule has 182 valence electrons. The van der Waals surface area contributed by atoms with Gasteiger partial charge in [-0.1, -0.05) is 0 Å². The number of benzene rings is 2. The minimum atomic E-state index is -0.727. The van der Waals surface area contributed by atoms with Crippen LogP contribution in [0.4, 0.5) is 22.7 Å². The SMILES string of the molecule is O=[N+]([O-])c1cc([N+](=O)[O-])c2cccnc2c1SCCSc1c([N+](=O)[O-])cc([N+](=O)[O-])c2cccnc12. The third-order valence-electron chi connectivity index (χ3n) is 4.97. The summed E-state index contributed by atoms with van der Waals surface area (Å²) in [6, 6.07) is 7.63. The fraction of sp³-hybridized carbons (Fsp3) is 0.100. The topological polar surface area (TPSA) is 198 Å². The van der Waals surface area contributed by atoms with Crippen LogP contribution in [0.15, 0.2) is 58.6 Å². The Hall–Kier alpha value is -4.44. The van der Waals surface area contributed by atoms with E-state index >= 15 is 0 Å². The Balaban J connectivity index is 1.67. The fourth-order valence-electron chi connectivity index (χ4n) is 3.52. The lowest BCUT2D eigenvalue weighted by molar-refractivity contribution is -0.395. The first-order valence-corrected chi connectivity index (χ1v) is 11.8. The molecule has 0 aliphatic carbocycles. The number of pyridine rings is 2. The van der Waals surface area contributed by atoms with Crippen LogP contribution in [0.1, 0.15) is 0 Å². The van der Waals surface area contributed by atoms with E-state index in [2.05, 4.69) is 9.97 Å². The highest BCUT2D eigenvalue weighted by Crippen LogP contribution is 2.43. The summed E-state index contributed by atoms with van der Waals surface area (Å²) in [5.41, 5.74) is -1.64. The molecule has 0 aliphatic heterocycles. The Bertz CT molecular complexity index is 1460. The van der Waals surface area contributed by atoms with Crippen LogP contribution in [0.25, 0.3) is 21.8 Å². The van der Waals surface area contributed by atoms with Gasteiger partial charge in [0, 0.05) is 23.9 Å². The molecule has 0 radical (unpaired) electrons. The second-order valence-electron chi connectivity index (χ2n) is 7.01. The molecule has 0 N–H and O–H groups in total. The van der Waals surface area contributed by atoms with E-state index in [0.717, 1.165) is 35.7 Å². The van der Waals surface area contributed by atoms with E-state index in [4.69, 9.17) is 0 Å². The average molecular weight is 528 g/mol. The second-order valence-corrected chi connectivity index (χ2v) is 9.22. The number of aromatic nitrogens is 2. The van der Waals surface area contributed by atoms with Crippen LogP contribution in [0, 0.1) is 40.5 Å². The lowest BCUT2D eigenvalue weighted by Gasteiger charge is -2.09. The van der Waals surface area contributed by atoms with Gasteiger partial charge in [-0.2, -0.15) is 0 Å². The van der Waals surface area contributed by atoms with Crippen LogP contribution in [0.3, 0.4) is 0 Å². The molecule has 36 heavy (non-hydrogen) atoms. The molecule has 2 aromatic heterocycles. The van der Waals surface area contributed by atoms with Gasteiger partial charge in [0.1, 0.15) is 9.79 Å². The summed E-state index contributed by atoms with van der Waals surface area (Å²) >= 11 is 2.05. The van der Waals surface area contributed by atoms with Gasteiger partial charge in [-0.15, -0.1) is 23.5 Å². The Morgan fingerprint density at radius 2 is 0.972 bits per heavy atom. The number of rotatable bonds is 9. The van der Waals surface area contributed by atoms with E-state index in [-0.39, 0.29) is 43.1 Å². The van der Waals surface area contributed by atoms with Crippen molar-refractivity contribution in [1.82, 2.24) is 9.97 Å². The Morgan fingerprint density at radius 1 is 0.611 bits per heavy atom. The van der Waals surface area contributed by atoms with E-state index in [1.807, 2.05) is 0 Å². The number of nitro groups is 4. The molecule has 0 saturated heterocycles. The van der Waals surface area contributed by atoms with Crippen LogP contribution in [-0.4, -0.2) is 41.2 Å². The summed E-state index contributed by atoms with van der Waals surface area (Å²) in [6.07, 6.45) is 2.74. The molecule has 0 unspecified atom stereocenters. The summed E-state index contributed by atoms with van der Waals surface area (Å²) in [5, 5.41) is 46.4. The van der Waals surface area contributed by atoms with Gasteiger partial charge in [0.15, 0.2) is 0 Å². The number of thioether (sulfide) groups is 2. The largest absolute Gasteiger partial charge is 0.292 e. The molecule has 16 heteroatoms. The minimum absolute atomic E-state index is 0.0989. The molecule has 0 atom stereocenters. The molecular weight excluding hydrogens is 516 g/mol. The highest BCUT2D eigenvalue weighted by Gasteiger charge is 2.28. The monoisotopic (exact) mass is 528 g/mol. The predicted octanol–water partition coefficient (Wildman–Crippen LogP) is 5.30. The molecular formula is C20H12N6O8S2. The molecule has 14 nitrogen and oxygen atoms in total. The maximum absolute atomic E-state index is 11.6. The molecule has 2 aromatic carbocycles. The first kappa shape index (κ1) is 24.7. The van der Waals surface area contributed by atoms with Gasteiger partial charge in [0.2, 0.25) is 0 Å². The number of nitro benzene ring substituents is 4. The molecule has 0 fully saturated rings. The first-order chi connectivity index (χ1) is 17.2. The minimum Gasteiger partial charge on any atom is -0.258 e. The highest BCUT2D eigenvalue weighted by molar-refractivity contribution is 8.03. The molecule has 0 spiro atoms. The van der Waals surface area contributed by atoms with Gasteiger partial charge in [-0.05, 0) is 24.3 Å². The van der Waals surface area contributed by atoms with E-state index in [0.29, 0.717) is 0 Å². The van der Waals surface area contributed by atoms with Gasteiger partial charge >= 0.3 is 0 Å². The van der Waals surface area contributed by atoms with Crippen LogP contribution >= 0.6 is 23.5 Å². The van der Waals surface area contributed by atoms with Crippen molar-refractivity contribution in [2.45, 2.75) is 9.79 Å². The maximum atomic E-state index is 11.6. The van der Waals surface area contributed by atoms with Gasteiger partial charge in [-0.25, -0.2) is 0 Å². The number of nitrogens with zero attached hydrogens (tertiary/aromatic N) is 6. The Kier molecular flexibility index (Phi) is 6.89. The standard InChI is InChI=1S/C20H12N6O8S2/c27-23(28)13-9-15(25(31)32)19(17-11(13)3-1-5-21-17)35-7-8-36-20-16(26(33)34)10-14(24(29)30)12-4-2-6-22-18(12)20/h1-6,9-10H,7-8H2. The zero-order valence-electron chi connectivity index (χ0n) is 17.8. The Morgan fingerprint density at radius 3 is 1.31 bits per heavy atom. The summed E-state index contributed by atoms with van der Waals surface area (Å²) in [5.74, 6) is 0.412. The normalized spacial score (nSPS) is 11.0. The number of hydrogen-bond donors (Lipinski definition) is 0. The van der Waals surface area contributed by atoms with Crippen molar-refractivity contribution in [3.05, 3.63) is 89.2 Å². The number of non-ortho nitro benzene ring substituents is 2. The lowest BCUT2D eigenvalue weighted by atomic mass is 10.1. The van der Waals surface area contributed by atoms with E-state index < -0.39 is 42.4 Å². The molecule has 0 saturated carbocycles. The first-order valence-electron chi connectivity index (χ1n) is 9.87. The van der Waals surface area contributed by atoms with Crippen molar-refractivity contribution in [3.63, 3.8) is 0 Å². The summed E-state index contributed by atoms with van der Waals surface area (Å²) in [7, 11) is 0. The van der Waals surface area contributed by atoms with Gasteiger partial charge in [-0.3, -0.25) is 50.4 Å². The number of fused-ring (bicyclic) bond motifs is 2. The van der Waals surface area contributed by atoms with Crippen molar-refractivity contribution < 1.29 is 19.7 Å². The van der Waals surface area contributed by atoms with Crippen LogP contribution in [-0.2, 0) is 0 Å². The summed E-state index contributed by atoms with van der Waals surface area (Å²) in [6.45, 7) is 0. The third kappa shape index (κ3) is 4.58. The van der Waals surface area contributed by atoms with Crippen molar-refractivity contribution in [3.8, 4) is 0 Å². The van der Waals surface area contributed by atoms with E-state index in [9.17, 15) is 40.5 Å². The van der Waals surface area contributed by atoms with Gasteiger partial charge in [0.05, 0.1) is 53.6 Å². The molecule has 0 amide bonds. The molecule has 0 bridgehead atoms. The molecule has 2 heterocycles. The van der Waals surface area contributed by atoms with Gasteiger partial charge in [0.25, 0.3) is 22.7 Å². The summed E-state index contributed by atoms with van der Waals surface area (Å²) < 4.78 is 0. The van der Waals surface area contributed by atoms with E-state index in [1.165, 1.54) is 36.7 Å². The van der Waals surface area contributed by atoms with Crippen molar-refractivity contribution >= 4 is 68.1 Å². The maximum Gasteiger partial charge on any atom is 0.292 e. The molecule has 0 aliphatic rings. The number of hydrogen-bond acceptors (Lipinski definition) is 12. The summed E-state index contributed by atoms with van der Waals surface area (Å²) in [4.78, 5) is 51.7. The van der Waals surface area contributed by atoms with Crippen molar-refractivity contribution in [1.29, 1.82) is 0 Å². The lowest BCUT2D eigenvalue weighted by Crippen LogP contribution is -2.00. The predicted molar refractivity (Wildman–Crippen MR) is 132 cm³/mol. The van der Waals surface area contributed by atoms with Crippen molar-refractivity contribution in [2.24, 2.45) is 0 Å². The van der Waals surface area contributed by atoms with Crippen LogP contribution in [0.2, 0.25) is 0 Å². The molecule has 4 rings (SSSR count). The quantitative estimate of drug-likeness (QED) is 0.118.